The Morgan fingerprint density at radius 1 is 0.905 bits per heavy atom. The zero-order chi connectivity index (χ0) is 15.7. The molecule has 1 N–H and O–H groups in total. The average Bonchev–Trinajstić information content (AvgIpc) is 2.44. The molecule has 0 amide bonds. The predicted molar refractivity (Wildman–Crippen MR) is 82.0 cm³/mol. The third-order valence-corrected chi connectivity index (χ3v) is 3.66. The Hall–Kier alpha value is -1.19. The highest BCUT2D eigenvalue weighted by atomic mass is 19.2. The third kappa shape index (κ3) is 6.40. The van der Waals surface area contributed by atoms with Crippen molar-refractivity contribution in [1.29, 1.82) is 0 Å². The molecule has 120 valence electrons. The van der Waals surface area contributed by atoms with E-state index in [4.69, 9.17) is 0 Å². The van der Waals surface area contributed by atoms with E-state index in [0.717, 1.165) is 57.4 Å². The largest absolute Gasteiger partial charge is 0.380 e. The highest BCUT2D eigenvalue weighted by molar-refractivity contribution is 5.46. The smallest absolute Gasteiger partial charge is 0.182 e. The van der Waals surface area contributed by atoms with Crippen LogP contribution in [0, 0.1) is 17.5 Å². The van der Waals surface area contributed by atoms with E-state index in [1.54, 1.807) is 0 Å². The molecule has 0 aliphatic carbocycles. The first-order valence-electron chi connectivity index (χ1n) is 7.99. The molecule has 0 saturated carbocycles. The topological polar surface area (TPSA) is 12.0 Å². The van der Waals surface area contributed by atoms with Crippen molar-refractivity contribution < 1.29 is 13.2 Å². The Labute approximate surface area is 125 Å². The van der Waals surface area contributed by atoms with Gasteiger partial charge in [-0.25, -0.2) is 13.2 Å². The summed E-state index contributed by atoms with van der Waals surface area (Å²) in [5.74, 6) is -2.89. The summed E-state index contributed by atoms with van der Waals surface area (Å²) < 4.78 is 40.2. The van der Waals surface area contributed by atoms with Crippen LogP contribution in [0.25, 0.3) is 0 Å². The molecule has 0 saturated heterocycles. The van der Waals surface area contributed by atoms with Crippen LogP contribution in [0.5, 0.6) is 0 Å². The molecule has 0 bridgehead atoms. The van der Waals surface area contributed by atoms with Gasteiger partial charge in [0.2, 0.25) is 0 Å². The SMILES string of the molecule is CCCCCC(CCCCC)Nc1cc(F)cc(F)c1F. The van der Waals surface area contributed by atoms with Gasteiger partial charge in [-0.2, -0.15) is 0 Å². The van der Waals surface area contributed by atoms with Gasteiger partial charge in [-0.1, -0.05) is 52.4 Å². The molecule has 0 heterocycles. The van der Waals surface area contributed by atoms with Crippen LogP contribution in [-0.4, -0.2) is 6.04 Å². The maximum absolute atomic E-state index is 13.7. The summed E-state index contributed by atoms with van der Waals surface area (Å²) in [5.41, 5.74) is -0.0644. The second-order valence-corrected chi connectivity index (χ2v) is 5.58. The second-order valence-electron chi connectivity index (χ2n) is 5.58. The van der Waals surface area contributed by atoms with Gasteiger partial charge < -0.3 is 5.32 Å². The molecule has 0 fully saturated rings. The number of rotatable bonds is 10. The highest BCUT2D eigenvalue weighted by Crippen LogP contribution is 2.23. The maximum atomic E-state index is 13.7. The summed E-state index contributed by atoms with van der Waals surface area (Å²) in [6, 6.07) is 1.67. The van der Waals surface area contributed by atoms with Crippen molar-refractivity contribution >= 4 is 5.69 Å². The van der Waals surface area contributed by atoms with Crippen LogP contribution in [0.15, 0.2) is 12.1 Å². The summed E-state index contributed by atoms with van der Waals surface area (Å²) >= 11 is 0. The molecule has 4 heteroatoms. The van der Waals surface area contributed by atoms with Crippen LogP contribution in [0.3, 0.4) is 0 Å². The molecule has 0 spiro atoms. The van der Waals surface area contributed by atoms with Crippen molar-refractivity contribution in [2.45, 2.75) is 71.3 Å². The van der Waals surface area contributed by atoms with E-state index in [2.05, 4.69) is 19.2 Å². The Morgan fingerprint density at radius 3 is 2.00 bits per heavy atom. The monoisotopic (exact) mass is 301 g/mol. The van der Waals surface area contributed by atoms with Gasteiger partial charge in [-0.05, 0) is 12.8 Å². The van der Waals surface area contributed by atoms with Crippen LogP contribution in [0.2, 0.25) is 0 Å². The van der Waals surface area contributed by atoms with Crippen LogP contribution in [-0.2, 0) is 0 Å². The van der Waals surface area contributed by atoms with Crippen molar-refractivity contribution in [3.05, 3.63) is 29.6 Å². The quantitative estimate of drug-likeness (QED) is 0.410. The van der Waals surface area contributed by atoms with Crippen LogP contribution in [0.4, 0.5) is 18.9 Å². The Balaban J connectivity index is 2.69. The molecule has 0 aliphatic rings. The minimum atomic E-state index is -1.14. The minimum Gasteiger partial charge on any atom is -0.380 e. The van der Waals surface area contributed by atoms with Gasteiger partial charge in [0.1, 0.15) is 5.82 Å². The first-order valence-corrected chi connectivity index (χ1v) is 7.99. The van der Waals surface area contributed by atoms with E-state index in [-0.39, 0.29) is 11.7 Å². The van der Waals surface area contributed by atoms with E-state index in [1.165, 1.54) is 0 Å². The van der Waals surface area contributed by atoms with Crippen LogP contribution < -0.4 is 5.32 Å². The normalized spacial score (nSPS) is 11.1. The molecule has 1 rings (SSSR count). The van der Waals surface area contributed by atoms with E-state index in [9.17, 15) is 13.2 Å². The standard InChI is InChI=1S/C17H26F3N/c1-3-5-7-9-14(10-8-6-4-2)21-16-12-13(18)11-15(19)17(16)20/h11-12,14,21H,3-10H2,1-2H3. The van der Waals surface area contributed by atoms with Crippen LogP contribution >= 0.6 is 0 Å². The maximum Gasteiger partial charge on any atom is 0.182 e. The van der Waals surface area contributed by atoms with Crippen molar-refractivity contribution in [3.63, 3.8) is 0 Å². The number of hydrogen-bond acceptors (Lipinski definition) is 1. The number of hydrogen-bond donors (Lipinski definition) is 1. The highest BCUT2D eigenvalue weighted by Gasteiger charge is 2.15. The summed E-state index contributed by atoms with van der Waals surface area (Å²) in [6.45, 7) is 4.25. The fourth-order valence-corrected chi connectivity index (χ4v) is 2.45. The van der Waals surface area contributed by atoms with E-state index in [0.29, 0.717) is 6.07 Å². The molecule has 0 aromatic heterocycles. The minimum absolute atomic E-state index is 0.0644. The zero-order valence-corrected chi connectivity index (χ0v) is 13.0. The fourth-order valence-electron chi connectivity index (χ4n) is 2.45. The van der Waals surface area contributed by atoms with Gasteiger partial charge in [0, 0.05) is 18.2 Å². The lowest BCUT2D eigenvalue weighted by atomic mass is 10.0. The van der Waals surface area contributed by atoms with Crippen molar-refractivity contribution in [1.82, 2.24) is 0 Å². The van der Waals surface area contributed by atoms with Gasteiger partial charge in [0.05, 0.1) is 5.69 Å². The predicted octanol–water partition coefficient (Wildman–Crippen LogP) is 6.05. The molecule has 0 radical (unpaired) electrons. The third-order valence-electron chi connectivity index (χ3n) is 3.66. The fraction of sp³-hybridized carbons (Fsp3) is 0.647. The Morgan fingerprint density at radius 2 is 1.48 bits per heavy atom. The Bertz CT molecular complexity index is 411. The zero-order valence-electron chi connectivity index (χ0n) is 13.0. The molecule has 0 atom stereocenters. The summed E-state index contributed by atoms with van der Waals surface area (Å²) in [4.78, 5) is 0. The van der Waals surface area contributed by atoms with Crippen molar-refractivity contribution in [3.8, 4) is 0 Å². The van der Waals surface area contributed by atoms with Crippen LogP contribution in [0.1, 0.15) is 65.2 Å². The number of halogens is 3. The lowest BCUT2D eigenvalue weighted by molar-refractivity contribution is 0.488. The lowest BCUT2D eigenvalue weighted by Crippen LogP contribution is -2.20. The van der Waals surface area contributed by atoms with Crippen molar-refractivity contribution in [2.75, 3.05) is 5.32 Å². The van der Waals surface area contributed by atoms with Gasteiger partial charge in [-0.3, -0.25) is 0 Å². The number of benzene rings is 1. The van der Waals surface area contributed by atoms with E-state index < -0.39 is 17.5 Å². The summed E-state index contributed by atoms with van der Waals surface area (Å²) in [6.07, 6.45) is 8.34. The first kappa shape index (κ1) is 17.9. The molecule has 1 nitrogen and oxygen atoms in total. The summed E-state index contributed by atoms with van der Waals surface area (Å²) in [7, 11) is 0. The molecular weight excluding hydrogens is 275 g/mol. The average molecular weight is 301 g/mol. The first-order chi connectivity index (χ1) is 10.1. The molecular formula is C17H26F3N. The molecule has 21 heavy (non-hydrogen) atoms. The lowest BCUT2D eigenvalue weighted by Gasteiger charge is -2.20. The number of anilines is 1. The van der Waals surface area contributed by atoms with Crippen molar-refractivity contribution in [2.24, 2.45) is 0 Å². The number of nitrogens with one attached hydrogen (secondary N) is 1. The number of unbranched alkanes of at least 4 members (excludes halogenated alkanes) is 4. The van der Waals surface area contributed by atoms with Gasteiger partial charge in [-0.15, -0.1) is 0 Å². The Kier molecular flexibility index (Phi) is 8.24. The molecule has 1 aromatic carbocycles. The van der Waals surface area contributed by atoms with Gasteiger partial charge in [0.25, 0.3) is 0 Å². The van der Waals surface area contributed by atoms with Gasteiger partial charge >= 0.3 is 0 Å². The van der Waals surface area contributed by atoms with E-state index >= 15 is 0 Å². The van der Waals surface area contributed by atoms with Gasteiger partial charge in [0.15, 0.2) is 11.6 Å². The second kappa shape index (κ2) is 9.69. The van der Waals surface area contributed by atoms with E-state index in [1.807, 2.05) is 0 Å². The summed E-state index contributed by atoms with van der Waals surface area (Å²) in [5, 5.41) is 2.99. The molecule has 0 unspecified atom stereocenters. The molecule has 0 aliphatic heterocycles. The molecule has 1 aromatic rings.